The number of hydrogen-bond donors (Lipinski definition) is 0. The van der Waals surface area contributed by atoms with Crippen LogP contribution in [0.4, 0.5) is 0 Å². The van der Waals surface area contributed by atoms with Crippen LogP contribution >= 0.6 is 0 Å². The normalized spacial score (nSPS) is 8.30. The SMILES string of the molecule is CCC.CCc1cnoc1. The maximum absolute atomic E-state index is 4.56. The average molecular weight is 141 g/mol. The number of aromatic nitrogens is 1. The summed E-state index contributed by atoms with van der Waals surface area (Å²) < 4.78 is 4.56. The van der Waals surface area contributed by atoms with Crippen molar-refractivity contribution in [3.05, 3.63) is 18.0 Å². The summed E-state index contributed by atoms with van der Waals surface area (Å²) in [6, 6.07) is 0. The fraction of sp³-hybridized carbons (Fsp3) is 0.625. The molecule has 0 saturated carbocycles. The molecule has 0 spiro atoms. The van der Waals surface area contributed by atoms with Gasteiger partial charge in [0.15, 0.2) is 0 Å². The van der Waals surface area contributed by atoms with Crippen LogP contribution in [0.25, 0.3) is 0 Å². The summed E-state index contributed by atoms with van der Waals surface area (Å²) in [7, 11) is 0. The molecular weight excluding hydrogens is 126 g/mol. The van der Waals surface area contributed by atoms with Crippen LogP contribution in [0.2, 0.25) is 0 Å². The van der Waals surface area contributed by atoms with E-state index in [1.54, 1.807) is 12.5 Å². The molecule has 0 atom stereocenters. The summed E-state index contributed by atoms with van der Waals surface area (Å²) in [5.41, 5.74) is 1.15. The highest BCUT2D eigenvalue weighted by Gasteiger charge is 1.85. The van der Waals surface area contributed by atoms with Gasteiger partial charge in [0.25, 0.3) is 0 Å². The van der Waals surface area contributed by atoms with Crippen molar-refractivity contribution in [1.82, 2.24) is 5.16 Å². The quantitative estimate of drug-likeness (QED) is 0.601. The highest BCUT2D eigenvalue weighted by atomic mass is 16.5. The van der Waals surface area contributed by atoms with E-state index in [-0.39, 0.29) is 0 Å². The second-order valence-corrected chi connectivity index (χ2v) is 2.09. The van der Waals surface area contributed by atoms with Crippen LogP contribution < -0.4 is 0 Å². The van der Waals surface area contributed by atoms with Crippen LogP contribution in [-0.4, -0.2) is 5.16 Å². The Bertz CT molecular complexity index is 135. The lowest BCUT2D eigenvalue weighted by Gasteiger charge is -1.74. The molecule has 0 unspecified atom stereocenters. The topological polar surface area (TPSA) is 26.0 Å². The van der Waals surface area contributed by atoms with Crippen molar-refractivity contribution in [1.29, 1.82) is 0 Å². The van der Waals surface area contributed by atoms with Crippen molar-refractivity contribution >= 4 is 0 Å². The molecule has 1 aromatic rings. The average Bonchev–Trinajstić information content (AvgIpc) is 2.39. The first-order chi connectivity index (χ1) is 4.85. The third kappa shape index (κ3) is 4.13. The molecule has 2 nitrogen and oxygen atoms in total. The molecule has 0 aliphatic carbocycles. The lowest BCUT2D eigenvalue weighted by Crippen LogP contribution is -1.67. The Kier molecular flexibility index (Phi) is 5.83. The minimum absolute atomic E-state index is 1.00. The maximum Gasteiger partial charge on any atom is 0.126 e. The standard InChI is InChI=1S/C5H7NO.C3H8/c1-2-5-3-6-7-4-5;1-3-2/h3-4H,2H2,1H3;3H2,1-2H3. The van der Waals surface area contributed by atoms with E-state index < -0.39 is 0 Å². The molecular formula is C8H15NO. The van der Waals surface area contributed by atoms with Crippen molar-refractivity contribution in [2.24, 2.45) is 0 Å². The van der Waals surface area contributed by atoms with Crippen molar-refractivity contribution in [3.63, 3.8) is 0 Å². The zero-order valence-electron chi connectivity index (χ0n) is 6.92. The van der Waals surface area contributed by atoms with E-state index in [4.69, 9.17) is 0 Å². The lowest BCUT2D eigenvalue weighted by molar-refractivity contribution is 0.419. The summed E-state index contributed by atoms with van der Waals surface area (Å²) in [5, 5.41) is 3.52. The summed E-state index contributed by atoms with van der Waals surface area (Å²) >= 11 is 0. The molecule has 0 fully saturated rings. The van der Waals surface area contributed by atoms with E-state index in [2.05, 4.69) is 30.5 Å². The van der Waals surface area contributed by atoms with Crippen LogP contribution in [0.5, 0.6) is 0 Å². The fourth-order valence-electron chi connectivity index (χ4n) is 0.401. The Morgan fingerprint density at radius 1 is 1.40 bits per heavy atom. The van der Waals surface area contributed by atoms with Gasteiger partial charge in [-0.25, -0.2) is 0 Å². The first-order valence-corrected chi connectivity index (χ1v) is 3.73. The summed E-state index contributed by atoms with van der Waals surface area (Å²) in [4.78, 5) is 0. The minimum Gasteiger partial charge on any atom is -0.364 e. The molecule has 1 heterocycles. The smallest absolute Gasteiger partial charge is 0.126 e. The highest BCUT2D eigenvalue weighted by Crippen LogP contribution is 1.94. The Labute approximate surface area is 62.2 Å². The van der Waals surface area contributed by atoms with E-state index in [1.807, 2.05) is 0 Å². The van der Waals surface area contributed by atoms with Gasteiger partial charge in [-0.3, -0.25) is 0 Å². The molecule has 10 heavy (non-hydrogen) atoms. The third-order valence-corrected chi connectivity index (χ3v) is 0.892. The number of aryl methyl sites for hydroxylation is 1. The number of rotatable bonds is 1. The minimum atomic E-state index is 1.00. The third-order valence-electron chi connectivity index (χ3n) is 0.892. The van der Waals surface area contributed by atoms with Gasteiger partial charge in [-0.1, -0.05) is 32.3 Å². The van der Waals surface area contributed by atoms with Gasteiger partial charge in [-0.05, 0) is 6.42 Å². The van der Waals surface area contributed by atoms with Gasteiger partial charge < -0.3 is 4.52 Å². The molecule has 1 aromatic heterocycles. The Hall–Kier alpha value is -0.790. The van der Waals surface area contributed by atoms with Crippen molar-refractivity contribution in [2.75, 3.05) is 0 Å². The molecule has 1 rings (SSSR count). The predicted molar refractivity (Wildman–Crippen MR) is 41.8 cm³/mol. The molecule has 0 radical (unpaired) electrons. The summed E-state index contributed by atoms with van der Waals surface area (Å²) in [6.07, 6.45) is 5.63. The van der Waals surface area contributed by atoms with Crippen molar-refractivity contribution in [3.8, 4) is 0 Å². The molecule has 0 aliphatic rings. The van der Waals surface area contributed by atoms with Crippen LogP contribution in [0.1, 0.15) is 32.8 Å². The van der Waals surface area contributed by atoms with Crippen LogP contribution in [0, 0.1) is 0 Å². The van der Waals surface area contributed by atoms with Crippen molar-refractivity contribution < 1.29 is 4.52 Å². The largest absolute Gasteiger partial charge is 0.364 e. The molecule has 58 valence electrons. The Balaban J connectivity index is 0.000000236. The van der Waals surface area contributed by atoms with Gasteiger partial charge in [0.05, 0.1) is 6.20 Å². The Morgan fingerprint density at radius 2 is 2.00 bits per heavy atom. The van der Waals surface area contributed by atoms with E-state index in [1.165, 1.54) is 6.42 Å². The molecule has 0 aromatic carbocycles. The van der Waals surface area contributed by atoms with Crippen LogP contribution in [0.15, 0.2) is 17.0 Å². The zero-order chi connectivity index (χ0) is 7.82. The van der Waals surface area contributed by atoms with Gasteiger partial charge in [0, 0.05) is 5.56 Å². The first kappa shape index (κ1) is 9.21. The van der Waals surface area contributed by atoms with Gasteiger partial charge in [0.1, 0.15) is 6.26 Å². The maximum atomic E-state index is 4.56. The summed E-state index contributed by atoms with van der Waals surface area (Å²) in [5.74, 6) is 0. The van der Waals surface area contributed by atoms with E-state index in [0.717, 1.165) is 12.0 Å². The summed E-state index contributed by atoms with van der Waals surface area (Å²) in [6.45, 7) is 6.31. The van der Waals surface area contributed by atoms with Gasteiger partial charge in [-0.2, -0.15) is 0 Å². The van der Waals surface area contributed by atoms with Crippen LogP contribution in [-0.2, 0) is 6.42 Å². The molecule has 0 aliphatic heterocycles. The lowest BCUT2D eigenvalue weighted by atomic mass is 10.3. The van der Waals surface area contributed by atoms with E-state index in [9.17, 15) is 0 Å². The highest BCUT2D eigenvalue weighted by molar-refractivity contribution is 4.98. The Morgan fingerprint density at radius 3 is 2.20 bits per heavy atom. The van der Waals surface area contributed by atoms with E-state index in [0.29, 0.717) is 0 Å². The zero-order valence-corrected chi connectivity index (χ0v) is 6.92. The molecule has 2 heteroatoms. The number of nitrogens with zero attached hydrogens (tertiary/aromatic N) is 1. The second kappa shape index (κ2) is 6.33. The van der Waals surface area contributed by atoms with Gasteiger partial charge >= 0.3 is 0 Å². The first-order valence-electron chi connectivity index (χ1n) is 3.73. The molecule has 0 bridgehead atoms. The predicted octanol–water partition coefficient (Wildman–Crippen LogP) is 2.65. The number of hydrogen-bond acceptors (Lipinski definition) is 2. The van der Waals surface area contributed by atoms with E-state index >= 15 is 0 Å². The monoisotopic (exact) mass is 141 g/mol. The van der Waals surface area contributed by atoms with Crippen LogP contribution in [0.3, 0.4) is 0 Å². The molecule has 0 amide bonds. The molecule has 0 saturated heterocycles. The van der Waals surface area contributed by atoms with Gasteiger partial charge in [-0.15, -0.1) is 0 Å². The van der Waals surface area contributed by atoms with Gasteiger partial charge in [0.2, 0.25) is 0 Å². The fourth-order valence-corrected chi connectivity index (χ4v) is 0.401. The molecule has 0 N–H and O–H groups in total. The van der Waals surface area contributed by atoms with Crippen molar-refractivity contribution in [2.45, 2.75) is 33.6 Å². The second-order valence-electron chi connectivity index (χ2n) is 2.09.